The highest BCUT2D eigenvalue weighted by atomic mass is 16.4. The highest BCUT2D eigenvalue weighted by Gasteiger charge is 2.26. The van der Waals surface area contributed by atoms with Gasteiger partial charge in [-0.1, -0.05) is 6.92 Å². The van der Waals surface area contributed by atoms with Crippen LogP contribution in [-0.2, 0) is 9.59 Å². The standard InChI is InChI=1S/C13H24N2O3/c1-9(11-5-4-6-14-8-11)7-12(16)15(3)10(2)13(17)18/h9-11,14H,4-8H2,1-3H3,(H,17,18). The summed E-state index contributed by atoms with van der Waals surface area (Å²) in [6.45, 7) is 5.64. The summed E-state index contributed by atoms with van der Waals surface area (Å²) in [5, 5.41) is 12.2. The topological polar surface area (TPSA) is 69.6 Å². The molecule has 0 aromatic heterocycles. The molecule has 1 heterocycles. The zero-order valence-corrected chi connectivity index (χ0v) is 11.5. The number of piperidine rings is 1. The van der Waals surface area contributed by atoms with Gasteiger partial charge in [0.05, 0.1) is 0 Å². The second kappa shape index (κ2) is 6.73. The molecule has 1 rings (SSSR count). The van der Waals surface area contributed by atoms with Gasteiger partial charge in [0.2, 0.25) is 5.91 Å². The molecule has 104 valence electrons. The van der Waals surface area contributed by atoms with Crippen LogP contribution in [0.25, 0.3) is 0 Å². The van der Waals surface area contributed by atoms with Crippen molar-refractivity contribution < 1.29 is 14.7 Å². The van der Waals surface area contributed by atoms with Gasteiger partial charge < -0.3 is 15.3 Å². The number of carbonyl (C=O) groups excluding carboxylic acids is 1. The molecule has 5 heteroatoms. The van der Waals surface area contributed by atoms with Crippen molar-refractivity contribution in [3.63, 3.8) is 0 Å². The van der Waals surface area contributed by atoms with Crippen LogP contribution in [0.4, 0.5) is 0 Å². The molecule has 0 radical (unpaired) electrons. The van der Waals surface area contributed by atoms with Crippen LogP contribution in [0, 0.1) is 11.8 Å². The molecule has 0 saturated carbocycles. The molecule has 0 aromatic rings. The molecule has 18 heavy (non-hydrogen) atoms. The summed E-state index contributed by atoms with van der Waals surface area (Å²) >= 11 is 0. The lowest BCUT2D eigenvalue weighted by Gasteiger charge is -2.30. The highest BCUT2D eigenvalue weighted by Crippen LogP contribution is 2.23. The predicted octanol–water partition coefficient (Wildman–Crippen LogP) is 0.944. The van der Waals surface area contributed by atoms with Crippen LogP contribution in [0.5, 0.6) is 0 Å². The number of nitrogens with one attached hydrogen (secondary N) is 1. The van der Waals surface area contributed by atoms with Gasteiger partial charge in [0, 0.05) is 13.5 Å². The van der Waals surface area contributed by atoms with Crippen LogP contribution in [0.15, 0.2) is 0 Å². The van der Waals surface area contributed by atoms with Crippen LogP contribution < -0.4 is 5.32 Å². The third-order valence-corrected chi connectivity index (χ3v) is 3.97. The van der Waals surface area contributed by atoms with Crippen molar-refractivity contribution in [1.82, 2.24) is 10.2 Å². The van der Waals surface area contributed by atoms with Crippen LogP contribution in [0.3, 0.4) is 0 Å². The Balaban J connectivity index is 2.45. The van der Waals surface area contributed by atoms with Gasteiger partial charge >= 0.3 is 5.97 Å². The maximum Gasteiger partial charge on any atom is 0.326 e. The maximum absolute atomic E-state index is 12.0. The summed E-state index contributed by atoms with van der Waals surface area (Å²) in [6.07, 6.45) is 2.74. The number of carboxylic acid groups (broad SMARTS) is 1. The molecular formula is C13H24N2O3. The van der Waals surface area contributed by atoms with Gasteiger partial charge in [-0.15, -0.1) is 0 Å². The summed E-state index contributed by atoms with van der Waals surface area (Å²) in [6, 6.07) is -0.755. The Morgan fingerprint density at radius 2 is 2.11 bits per heavy atom. The van der Waals surface area contributed by atoms with Crippen molar-refractivity contribution in [3.05, 3.63) is 0 Å². The Labute approximate surface area is 109 Å². The molecule has 0 aromatic carbocycles. The van der Waals surface area contributed by atoms with Crippen LogP contribution in [0.2, 0.25) is 0 Å². The third-order valence-electron chi connectivity index (χ3n) is 3.97. The fourth-order valence-electron chi connectivity index (χ4n) is 2.33. The SMILES string of the molecule is CC(CC(=O)N(C)C(C)C(=O)O)C1CCCNC1. The molecule has 5 nitrogen and oxygen atoms in total. The minimum Gasteiger partial charge on any atom is -0.480 e. The van der Waals surface area contributed by atoms with Crippen molar-refractivity contribution in [2.24, 2.45) is 11.8 Å². The normalized spacial score (nSPS) is 23.2. The summed E-state index contributed by atoms with van der Waals surface area (Å²) < 4.78 is 0. The molecule has 0 bridgehead atoms. The van der Waals surface area contributed by atoms with Crippen molar-refractivity contribution >= 4 is 11.9 Å². The first-order valence-corrected chi connectivity index (χ1v) is 6.62. The smallest absolute Gasteiger partial charge is 0.326 e. The first kappa shape index (κ1) is 15.0. The summed E-state index contributed by atoms with van der Waals surface area (Å²) in [5.74, 6) is -0.217. The number of nitrogens with zero attached hydrogens (tertiary/aromatic N) is 1. The van der Waals surface area contributed by atoms with E-state index in [9.17, 15) is 9.59 Å². The lowest BCUT2D eigenvalue weighted by molar-refractivity contribution is -0.148. The number of carbonyl (C=O) groups is 2. The van der Waals surface area contributed by atoms with Crippen LogP contribution >= 0.6 is 0 Å². The lowest BCUT2D eigenvalue weighted by atomic mass is 9.85. The Hall–Kier alpha value is -1.10. The minimum absolute atomic E-state index is 0.0806. The minimum atomic E-state index is -0.960. The van der Waals surface area contributed by atoms with E-state index >= 15 is 0 Å². The predicted molar refractivity (Wildman–Crippen MR) is 69.2 cm³/mol. The molecule has 1 saturated heterocycles. The van der Waals surface area contributed by atoms with Crippen molar-refractivity contribution in [1.29, 1.82) is 0 Å². The lowest BCUT2D eigenvalue weighted by Crippen LogP contribution is -2.42. The van der Waals surface area contributed by atoms with Crippen LogP contribution in [-0.4, -0.2) is 48.1 Å². The number of hydrogen-bond donors (Lipinski definition) is 2. The first-order valence-electron chi connectivity index (χ1n) is 6.62. The number of aliphatic carboxylic acids is 1. The van der Waals surface area contributed by atoms with E-state index in [1.54, 1.807) is 7.05 Å². The highest BCUT2D eigenvalue weighted by molar-refractivity contribution is 5.83. The van der Waals surface area contributed by atoms with Crippen molar-refractivity contribution in [2.75, 3.05) is 20.1 Å². The maximum atomic E-state index is 12.0. The number of likely N-dealkylation sites (N-methyl/N-ethyl adjacent to an activating group) is 1. The van der Waals surface area contributed by atoms with Crippen molar-refractivity contribution in [2.45, 2.75) is 39.2 Å². The van der Waals surface area contributed by atoms with Gasteiger partial charge in [-0.3, -0.25) is 4.79 Å². The molecule has 0 spiro atoms. The van der Waals surface area contributed by atoms with Crippen molar-refractivity contribution in [3.8, 4) is 0 Å². The molecule has 1 fully saturated rings. The second-order valence-electron chi connectivity index (χ2n) is 5.31. The van der Waals surface area contributed by atoms with Gasteiger partial charge in [0.15, 0.2) is 0 Å². The second-order valence-corrected chi connectivity index (χ2v) is 5.31. The first-order chi connectivity index (χ1) is 8.43. The molecule has 2 N–H and O–H groups in total. The van der Waals surface area contributed by atoms with E-state index in [0.717, 1.165) is 25.9 Å². The molecular weight excluding hydrogens is 232 g/mol. The number of carboxylic acids is 1. The van der Waals surface area contributed by atoms with E-state index in [-0.39, 0.29) is 5.91 Å². The van der Waals surface area contributed by atoms with E-state index in [1.807, 2.05) is 0 Å². The average Bonchev–Trinajstić information content (AvgIpc) is 2.37. The molecule has 1 amide bonds. The Morgan fingerprint density at radius 3 is 2.61 bits per heavy atom. The van der Waals surface area contributed by atoms with Gasteiger partial charge in [-0.05, 0) is 44.7 Å². The molecule has 1 aliphatic heterocycles. The monoisotopic (exact) mass is 256 g/mol. The molecule has 1 aliphatic rings. The zero-order valence-electron chi connectivity index (χ0n) is 11.5. The molecule has 0 aliphatic carbocycles. The van der Waals surface area contributed by atoms with Crippen LogP contribution in [0.1, 0.15) is 33.1 Å². The van der Waals surface area contributed by atoms with E-state index < -0.39 is 12.0 Å². The number of rotatable bonds is 5. The quantitative estimate of drug-likeness (QED) is 0.768. The van der Waals surface area contributed by atoms with Gasteiger partial charge in [0.25, 0.3) is 0 Å². The number of amides is 1. The van der Waals surface area contributed by atoms with Gasteiger partial charge in [0.1, 0.15) is 6.04 Å². The van der Waals surface area contributed by atoms with E-state index in [2.05, 4.69) is 12.2 Å². The van der Waals surface area contributed by atoms with E-state index in [4.69, 9.17) is 5.11 Å². The molecule has 3 unspecified atom stereocenters. The fourth-order valence-corrected chi connectivity index (χ4v) is 2.33. The van der Waals surface area contributed by atoms with E-state index in [1.165, 1.54) is 11.8 Å². The fraction of sp³-hybridized carbons (Fsp3) is 0.846. The zero-order chi connectivity index (χ0) is 13.7. The molecule has 3 atom stereocenters. The van der Waals surface area contributed by atoms with Gasteiger partial charge in [-0.2, -0.15) is 0 Å². The van der Waals surface area contributed by atoms with Gasteiger partial charge in [-0.25, -0.2) is 4.79 Å². The summed E-state index contributed by atoms with van der Waals surface area (Å²) in [4.78, 5) is 24.1. The summed E-state index contributed by atoms with van der Waals surface area (Å²) in [5.41, 5.74) is 0. The number of hydrogen-bond acceptors (Lipinski definition) is 3. The average molecular weight is 256 g/mol. The van der Waals surface area contributed by atoms with E-state index in [0.29, 0.717) is 18.3 Å². The Kier molecular flexibility index (Phi) is 5.59. The largest absolute Gasteiger partial charge is 0.480 e. The summed E-state index contributed by atoms with van der Waals surface area (Å²) in [7, 11) is 1.56. The third kappa shape index (κ3) is 3.98. The Morgan fingerprint density at radius 1 is 1.44 bits per heavy atom. The Bertz CT molecular complexity index is 301.